The minimum atomic E-state index is -0.616. The summed E-state index contributed by atoms with van der Waals surface area (Å²) >= 11 is 0. The number of aliphatic imine (C=N–C) groups is 1. The molecule has 1 aliphatic heterocycles. The fourth-order valence-electron chi connectivity index (χ4n) is 2.71. The van der Waals surface area contributed by atoms with Gasteiger partial charge in [-0.15, -0.1) is 0 Å². The van der Waals surface area contributed by atoms with Crippen LogP contribution in [0.2, 0.25) is 0 Å². The van der Waals surface area contributed by atoms with E-state index in [4.69, 9.17) is 4.74 Å². The first-order chi connectivity index (χ1) is 10.9. The first kappa shape index (κ1) is 15.8. The number of aliphatic hydroxyl groups is 1. The predicted octanol–water partition coefficient (Wildman–Crippen LogP) is 3.86. The molecule has 23 heavy (non-hydrogen) atoms. The van der Waals surface area contributed by atoms with Gasteiger partial charge in [-0.05, 0) is 28.7 Å². The molecule has 0 spiro atoms. The monoisotopic (exact) mass is 309 g/mol. The van der Waals surface area contributed by atoms with Gasteiger partial charge >= 0.3 is 0 Å². The molecule has 1 heterocycles. The smallest absolute Gasteiger partial charge is 0.216 e. The highest BCUT2D eigenvalue weighted by Gasteiger charge is 2.28. The van der Waals surface area contributed by atoms with E-state index >= 15 is 0 Å². The van der Waals surface area contributed by atoms with Crippen molar-refractivity contribution < 1.29 is 9.84 Å². The molecule has 2 atom stereocenters. The first-order valence-corrected chi connectivity index (χ1v) is 8.00. The van der Waals surface area contributed by atoms with Crippen molar-refractivity contribution in [2.24, 2.45) is 4.99 Å². The highest BCUT2D eigenvalue weighted by Crippen LogP contribution is 2.28. The lowest BCUT2D eigenvalue weighted by atomic mass is 9.86. The predicted molar refractivity (Wildman–Crippen MR) is 92.8 cm³/mol. The zero-order valence-electron chi connectivity index (χ0n) is 13.9. The van der Waals surface area contributed by atoms with Crippen LogP contribution in [0.5, 0.6) is 0 Å². The normalized spacial score (nSPS) is 21.5. The molecule has 1 aliphatic rings. The summed E-state index contributed by atoms with van der Waals surface area (Å²) in [4.78, 5) is 4.39. The van der Waals surface area contributed by atoms with E-state index in [1.807, 2.05) is 42.5 Å². The standard InChI is InChI=1S/C20H23NO2/c1-20(2,3)16-11-9-15(10-12-16)19-21-13-17(22)18(23-19)14-7-5-4-6-8-14/h4-12,17-18,22H,13H2,1-3H3. The van der Waals surface area contributed by atoms with E-state index in [9.17, 15) is 5.11 Å². The Morgan fingerprint density at radius 3 is 2.26 bits per heavy atom. The van der Waals surface area contributed by atoms with Crippen LogP contribution in [0.3, 0.4) is 0 Å². The Hall–Kier alpha value is -2.13. The van der Waals surface area contributed by atoms with Crippen LogP contribution >= 0.6 is 0 Å². The Balaban J connectivity index is 1.84. The molecule has 120 valence electrons. The van der Waals surface area contributed by atoms with Crippen molar-refractivity contribution in [2.45, 2.75) is 38.4 Å². The molecule has 0 fully saturated rings. The summed E-state index contributed by atoms with van der Waals surface area (Å²) in [6.45, 7) is 6.94. The summed E-state index contributed by atoms with van der Waals surface area (Å²) in [5.74, 6) is 0.601. The average molecular weight is 309 g/mol. The van der Waals surface area contributed by atoms with Gasteiger partial charge in [-0.2, -0.15) is 0 Å². The van der Waals surface area contributed by atoms with Crippen LogP contribution in [-0.2, 0) is 10.2 Å². The molecule has 0 bridgehead atoms. The van der Waals surface area contributed by atoms with Gasteiger partial charge in [0.25, 0.3) is 0 Å². The van der Waals surface area contributed by atoms with Crippen LogP contribution in [0.4, 0.5) is 0 Å². The van der Waals surface area contributed by atoms with Gasteiger partial charge in [-0.3, -0.25) is 0 Å². The molecule has 2 aromatic rings. The minimum absolute atomic E-state index is 0.122. The number of nitrogens with zero attached hydrogens (tertiary/aromatic N) is 1. The Bertz CT molecular complexity index is 684. The van der Waals surface area contributed by atoms with Crippen LogP contribution < -0.4 is 0 Å². The van der Waals surface area contributed by atoms with Crippen LogP contribution in [0.25, 0.3) is 0 Å². The van der Waals surface area contributed by atoms with Gasteiger partial charge in [0.2, 0.25) is 5.90 Å². The highest BCUT2D eigenvalue weighted by molar-refractivity contribution is 5.94. The Morgan fingerprint density at radius 2 is 1.65 bits per heavy atom. The van der Waals surface area contributed by atoms with Crippen molar-refractivity contribution in [3.05, 3.63) is 71.3 Å². The summed E-state index contributed by atoms with van der Waals surface area (Å²) in [6.07, 6.45) is -0.985. The zero-order chi connectivity index (χ0) is 16.4. The maximum Gasteiger partial charge on any atom is 0.216 e. The van der Waals surface area contributed by atoms with Crippen molar-refractivity contribution in [3.8, 4) is 0 Å². The van der Waals surface area contributed by atoms with Crippen molar-refractivity contribution in [1.82, 2.24) is 0 Å². The van der Waals surface area contributed by atoms with Crippen molar-refractivity contribution in [1.29, 1.82) is 0 Å². The Kier molecular flexibility index (Phi) is 4.22. The lowest BCUT2D eigenvalue weighted by Gasteiger charge is -2.28. The van der Waals surface area contributed by atoms with Gasteiger partial charge < -0.3 is 9.84 Å². The van der Waals surface area contributed by atoms with E-state index in [1.54, 1.807) is 0 Å². The van der Waals surface area contributed by atoms with Crippen molar-refractivity contribution >= 4 is 5.90 Å². The molecule has 3 rings (SSSR count). The van der Waals surface area contributed by atoms with Gasteiger partial charge in [-0.25, -0.2) is 4.99 Å². The summed E-state index contributed by atoms with van der Waals surface area (Å²) in [7, 11) is 0. The molecule has 2 aromatic carbocycles. The van der Waals surface area contributed by atoms with E-state index < -0.39 is 6.10 Å². The van der Waals surface area contributed by atoms with Crippen LogP contribution in [0.15, 0.2) is 59.6 Å². The topological polar surface area (TPSA) is 41.8 Å². The quantitative estimate of drug-likeness (QED) is 0.915. The van der Waals surface area contributed by atoms with Crippen molar-refractivity contribution in [3.63, 3.8) is 0 Å². The number of hydrogen-bond donors (Lipinski definition) is 1. The number of ether oxygens (including phenoxy) is 1. The molecular weight excluding hydrogens is 286 g/mol. The van der Waals surface area contributed by atoms with E-state index in [2.05, 4.69) is 37.9 Å². The molecule has 0 amide bonds. The summed E-state index contributed by atoms with van der Waals surface area (Å²) in [6, 6.07) is 18.1. The third-order valence-electron chi connectivity index (χ3n) is 4.14. The van der Waals surface area contributed by atoms with E-state index in [-0.39, 0.29) is 11.5 Å². The maximum atomic E-state index is 10.2. The SMILES string of the molecule is CC(C)(C)c1ccc(C2=NCC(O)C(c3ccccc3)O2)cc1. The average Bonchev–Trinajstić information content (AvgIpc) is 2.55. The molecule has 0 radical (unpaired) electrons. The molecule has 3 heteroatoms. The molecule has 0 aromatic heterocycles. The summed E-state index contributed by atoms with van der Waals surface area (Å²) in [5, 5.41) is 10.2. The van der Waals surface area contributed by atoms with Gasteiger partial charge in [0.1, 0.15) is 6.10 Å². The third-order valence-corrected chi connectivity index (χ3v) is 4.14. The number of rotatable bonds is 2. The molecule has 0 saturated heterocycles. The van der Waals surface area contributed by atoms with Gasteiger partial charge in [-0.1, -0.05) is 63.2 Å². The second-order valence-electron chi connectivity index (χ2n) is 6.99. The van der Waals surface area contributed by atoms with Crippen LogP contribution in [0.1, 0.15) is 43.6 Å². The van der Waals surface area contributed by atoms with Crippen LogP contribution in [-0.4, -0.2) is 23.7 Å². The third kappa shape index (κ3) is 3.45. The number of benzene rings is 2. The second kappa shape index (κ2) is 6.17. The van der Waals surface area contributed by atoms with Gasteiger partial charge in [0.15, 0.2) is 6.10 Å². The fraction of sp³-hybridized carbons (Fsp3) is 0.350. The van der Waals surface area contributed by atoms with E-state index in [0.29, 0.717) is 12.4 Å². The highest BCUT2D eigenvalue weighted by atomic mass is 16.5. The van der Waals surface area contributed by atoms with Gasteiger partial charge in [0, 0.05) is 5.56 Å². The minimum Gasteiger partial charge on any atom is -0.466 e. The lowest BCUT2D eigenvalue weighted by Crippen LogP contribution is -2.32. The molecule has 0 aliphatic carbocycles. The largest absolute Gasteiger partial charge is 0.466 e. The molecular formula is C20H23NO2. The lowest BCUT2D eigenvalue weighted by molar-refractivity contribution is 0.0217. The molecule has 3 nitrogen and oxygen atoms in total. The Morgan fingerprint density at radius 1 is 1.00 bits per heavy atom. The summed E-state index contributed by atoms with van der Waals surface area (Å²) < 4.78 is 6.00. The number of aliphatic hydroxyl groups excluding tert-OH is 1. The fourth-order valence-corrected chi connectivity index (χ4v) is 2.71. The molecule has 2 unspecified atom stereocenters. The Labute approximate surface area is 137 Å². The van der Waals surface area contributed by atoms with Crippen LogP contribution in [0, 0.1) is 0 Å². The number of hydrogen-bond acceptors (Lipinski definition) is 3. The van der Waals surface area contributed by atoms with E-state index in [1.165, 1.54) is 5.56 Å². The maximum absolute atomic E-state index is 10.2. The molecule has 0 saturated carbocycles. The van der Waals surface area contributed by atoms with Gasteiger partial charge in [0.05, 0.1) is 6.54 Å². The summed E-state index contributed by atoms with van der Waals surface area (Å²) in [5.41, 5.74) is 3.32. The van der Waals surface area contributed by atoms with E-state index in [0.717, 1.165) is 11.1 Å². The van der Waals surface area contributed by atoms with Crippen molar-refractivity contribution in [2.75, 3.05) is 6.54 Å². The second-order valence-corrected chi connectivity index (χ2v) is 6.99. The molecule has 1 N–H and O–H groups in total. The zero-order valence-corrected chi connectivity index (χ0v) is 13.9. The first-order valence-electron chi connectivity index (χ1n) is 8.00.